The van der Waals surface area contributed by atoms with E-state index in [0.29, 0.717) is 17.1 Å². The van der Waals surface area contributed by atoms with Crippen molar-refractivity contribution in [2.45, 2.75) is 38.5 Å². The van der Waals surface area contributed by atoms with Crippen LogP contribution in [0.5, 0.6) is 0 Å². The number of halogens is 1. The second kappa shape index (κ2) is 8.66. The minimum absolute atomic E-state index is 0.180. The van der Waals surface area contributed by atoms with Gasteiger partial charge in [0.1, 0.15) is 0 Å². The Hall–Kier alpha value is -1.89. The maximum atomic E-state index is 12.3. The van der Waals surface area contributed by atoms with Crippen molar-refractivity contribution in [1.82, 2.24) is 4.72 Å². The van der Waals surface area contributed by atoms with E-state index in [1.807, 2.05) is 26.8 Å². The average Bonchev–Trinajstić information content (AvgIpc) is 2.57. The summed E-state index contributed by atoms with van der Waals surface area (Å²) in [7, 11) is -3.57. The van der Waals surface area contributed by atoms with E-state index in [-0.39, 0.29) is 23.8 Å². The number of hydrogen-bond acceptors (Lipinski definition) is 3. The molecule has 0 aliphatic rings. The molecule has 0 heterocycles. The number of hydrogen-bond donors (Lipinski definition) is 2. The maximum Gasteiger partial charge on any atom is 0.240 e. The van der Waals surface area contributed by atoms with Gasteiger partial charge in [0.2, 0.25) is 15.9 Å². The minimum atomic E-state index is -3.57. The van der Waals surface area contributed by atoms with Gasteiger partial charge >= 0.3 is 0 Å². The quantitative estimate of drug-likeness (QED) is 0.698. The molecule has 0 atom stereocenters. The first-order valence-electron chi connectivity index (χ1n) is 8.32. The third-order valence-electron chi connectivity index (χ3n) is 4.14. The van der Waals surface area contributed by atoms with Gasteiger partial charge in [0.05, 0.1) is 4.90 Å². The van der Waals surface area contributed by atoms with Crippen molar-refractivity contribution in [3.63, 3.8) is 0 Å². The fourth-order valence-electron chi connectivity index (χ4n) is 2.36. The first-order chi connectivity index (χ1) is 12.2. The second-order valence-corrected chi connectivity index (χ2v) is 8.46. The number of carbonyl (C=O) groups excluding carboxylic acids is 1. The van der Waals surface area contributed by atoms with Crippen molar-refractivity contribution in [2.24, 2.45) is 0 Å². The summed E-state index contributed by atoms with van der Waals surface area (Å²) in [5, 5.41) is 3.34. The molecule has 0 aromatic heterocycles. The smallest absolute Gasteiger partial charge is 0.240 e. The van der Waals surface area contributed by atoms with Crippen molar-refractivity contribution < 1.29 is 13.2 Å². The molecule has 0 aliphatic heterocycles. The van der Waals surface area contributed by atoms with Crippen LogP contribution in [-0.2, 0) is 14.8 Å². The highest BCUT2D eigenvalue weighted by molar-refractivity contribution is 7.89. The number of sulfonamides is 1. The van der Waals surface area contributed by atoms with E-state index < -0.39 is 10.0 Å². The second-order valence-electron chi connectivity index (χ2n) is 6.25. The monoisotopic (exact) mass is 394 g/mol. The van der Waals surface area contributed by atoms with Crippen LogP contribution in [0.3, 0.4) is 0 Å². The predicted molar refractivity (Wildman–Crippen MR) is 105 cm³/mol. The van der Waals surface area contributed by atoms with Crippen molar-refractivity contribution in [3.8, 4) is 0 Å². The topological polar surface area (TPSA) is 75.3 Å². The van der Waals surface area contributed by atoms with Crippen molar-refractivity contribution in [3.05, 3.63) is 58.1 Å². The number of benzene rings is 2. The molecule has 2 rings (SSSR count). The summed E-state index contributed by atoms with van der Waals surface area (Å²) in [4.78, 5) is 12.3. The summed E-state index contributed by atoms with van der Waals surface area (Å²) in [5.41, 5.74) is 3.54. The molecule has 7 heteroatoms. The van der Waals surface area contributed by atoms with Crippen LogP contribution in [0.1, 0.15) is 29.5 Å². The Bertz CT molecular complexity index is 911. The van der Waals surface area contributed by atoms with E-state index in [0.717, 1.165) is 16.7 Å². The minimum Gasteiger partial charge on any atom is -0.326 e. The van der Waals surface area contributed by atoms with Gasteiger partial charge in [-0.1, -0.05) is 23.7 Å². The van der Waals surface area contributed by atoms with Gasteiger partial charge in [0, 0.05) is 23.7 Å². The lowest BCUT2D eigenvalue weighted by molar-refractivity contribution is -0.116. The van der Waals surface area contributed by atoms with Gasteiger partial charge < -0.3 is 5.32 Å². The first-order valence-corrected chi connectivity index (χ1v) is 10.2. The van der Waals surface area contributed by atoms with Crippen LogP contribution < -0.4 is 10.0 Å². The average molecular weight is 395 g/mol. The molecule has 2 aromatic carbocycles. The standard InChI is InChI=1S/C19H23ClN2O3S/c1-13-7-9-17(11-15(13)3)26(24,25)21-10-4-5-19(23)22-18-12-16(20)8-6-14(18)2/h6-9,11-12,21H,4-5,10H2,1-3H3,(H,22,23). The molecule has 0 unspecified atom stereocenters. The summed E-state index contributed by atoms with van der Waals surface area (Å²) in [6, 6.07) is 10.3. The van der Waals surface area contributed by atoms with Crippen LogP contribution in [0.4, 0.5) is 5.69 Å². The highest BCUT2D eigenvalue weighted by Gasteiger charge is 2.14. The number of rotatable bonds is 7. The lowest BCUT2D eigenvalue weighted by atomic mass is 10.1. The fraction of sp³-hybridized carbons (Fsp3) is 0.316. The largest absolute Gasteiger partial charge is 0.326 e. The Labute approximate surface area is 159 Å². The van der Waals surface area contributed by atoms with E-state index in [1.54, 1.807) is 30.3 Å². The van der Waals surface area contributed by atoms with Crippen molar-refractivity contribution >= 4 is 33.2 Å². The molecule has 2 N–H and O–H groups in total. The number of nitrogens with one attached hydrogen (secondary N) is 2. The van der Waals surface area contributed by atoms with Crippen molar-refractivity contribution in [1.29, 1.82) is 0 Å². The highest BCUT2D eigenvalue weighted by atomic mass is 35.5. The SMILES string of the molecule is Cc1ccc(S(=O)(=O)NCCCC(=O)Nc2cc(Cl)ccc2C)cc1C. The molecular weight excluding hydrogens is 372 g/mol. The predicted octanol–water partition coefficient (Wildman–Crippen LogP) is 3.96. The van der Waals surface area contributed by atoms with Gasteiger partial charge in [-0.05, 0) is 68.1 Å². The summed E-state index contributed by atoms with van der Waals surface area (Å²) in [5.74, 6) is -0.180. The number of aryl methyl sites for hydroxylation is 3. The first kappa shape index (κ1) is 20.4. The Morgan fingerprint density at radius 2 is 1.69 bits per heavy atom. The van der Waals surface area contributed by atoms with Crippen LogP contribution in [0.15, 0.2) is 41.3 Å². The molecule has 0 fully saturated rings. The summed E-state index contributed by atoms with van der Waals surface area (Å²) >= 11 is 5.93. The lowest BCUT2D eigenvalue weighted by Gasteiger charge is -2.10. The summed E-state index contributed by atoms with van der Waals surface area (Å²) < 4.78 is 27.1. The molecule has 0 saturated carbocycles. The number of anilines is 1. The summed E-state index contributed by atoms with van der Waals surface area (Å²) in [6.07, 6.45) is 0.608. The lowest BCUT2D eigenvalue weighted by Crippen LogP contribution is -2.26. The Balaban J connectivity index is 1.84. The van der Waals surface area contributed by atoms with Gasteiger partial charge in [-0.25, -0.2) is 13.1 Å². The maximum absolute atomic E-state index is 12.3. The zero-order valence-electron chi connectivity index (χ0n) is 15.1. The van der Waals surface area contributed by atoms with Gasteiger partial charge in [0.25, 0.3) is 0 Å². The van der Waals surface area contributed by atoms with Gasteiger partial charge in [0.15, 0.2) is 0 Å². The van der Waals surface area contributed by atoms with Gasteiger partial charge in [-0.2, -0.15) is 0 Å². The van der Waals surface area contributed by atoms with E-state index in [4.69, 9.17) is 11.6 Å². The molecule has 1 amide bonds. The number of amides is 1. The van der Waals surface area contributed by atoms with E-state index in [9.17, 15) is 13.2 Å². The molecule has 2 aromatic rings. The summed E-state index contributed by atoms with van der Waals surface area (Å²) in [6.45, 7) is 5.87. The van der Waals surface area contributed by atoms with Crippen LogP contribution in [0.25, 0.3) is 0 Å². The van der Waals surface area contributed by atoms with Gasteiger partial charge in [-0.15, -0.1) is 0 Å². The van der Waals surface area contributed by atoms with Crippen molar-refractivity contribution in [2.75, 3.05) is 11.9 Å². The van der Waals surface area contributed by atoms with E-state index >= 15 is 0 Å². The molecule has 140 valence electrons. The zero-order valence-corrected chi connectivity index (χ0v) is 16.7. The van der Waals surface area contributed by atoms with Crippen LogP contribution in [0.2, 0.25) is 5.02 Å². The van der Waals surface area contributed by atoms with E-state index in [1.165, 1.54) is 0 Å². The molecular formula is C19H23ClN2O3S. The van der Waals surface area contributed by atoms with E-state index in [2.05, 4.69) is 10.0 Å². The fourth-order valence-corrected chi connectivity index (χ4v) is 3.69. The molecule has 0 radical (unpaired) electrons. The third-order valence-corrected chi connectivity index (χ3v) is 5.83. The Morgan fingerprint density at radius 3 is 2.38 bits per heavy atom. The zero-order chi connectivity index (χ0) is 19.3. The number of carbonyl (C=O) groups is 1. The van der Waals surface area contributed by atoms with Crippen LogP contribution >= 0.6 is 11.6 Å². The third kappa shape index (κ3) is 5.56. The molecule has 0 spiro atoms. The molecule has 0 saturated heterocycles. The van der Waals surface area contributed by atoms with Crippen LogP contribution in [-0.4, -0.2) is 20.9 Å². The Kier molecular flexibility index (Phi) is 6.81. The molecule has 0 aliphatic carbocycles. The molecule has 26 heavy (non-hydrogen) atoms. The van der Waals surface area contributed by atoms with Gasteiger partial charge in [-0.3, -0.25) is 4.79 Å². The normalized spacial score (nSPS) is 11.4. The highest BCUT2D eigenvalue weighted by Crippen LogP contribution is 2.20. The Morgan fingerprint density at radius 1 is 1.00 bits per heavy atom. The molecule has 5 nitrogen and oxygen atoms in total. The van der Waals surface area contributed by atoms with Crippen LogP contribution in [0, 0.1) is 20.8 Å². The molecule has 0 bridgehead atoms.